The van der Waals surface area contributed by atoms with Crippen molar-refractivity contribution in [1.82, 2.24) is 9.78 Å². The number of aryl methyl sites for hydroxylation is 1. The number of halogens is 2. The summed E-state index contributed by atoms with van der Waals surface area (Å²) in [7, 11) is 1.39. The Morgan fingerprint density at radius 2 is 1.71 bits per heavy atom. The van der Waals surface area contributed by atoms with Gasteiger partial charge in [0.1, 0.15) is 18.0 Å². The van der Waals surface area contributed by atoms with Gasteiger partial charge in [-0.05, 0) is 78.9 Å². The number of benzene rings is 3. The minimum absolute atomic E-state index is 0.174. The predicted molar refractivity (Wildman–Crippen MR) is 155 cm³/mol. The summed E-state index contributed by atoms with van der Waals surface area (Å²) in [6.07, 6.45) is 1.85. The van der Waals surface area contributed by atoms with E-state index in [1.165, 1.54) is 12.7 Å². The molecule has 4 aromatic rings. The number of esters is 1. The molecule has 1 atom stereocenters. The molecule has 0 saturated heterocycles. The maximum absolute atomic E-state index is 11.9. The van der Waals surface area contributed by atoms with Crippen LogP contribution in [0.15, 0.2) is 71.8 Å². The molecule has 8 heteroatoms. The SMILES string of the molecule is COC(=O)c1cccc(SC(C)c2ccc(OCc3c(C(C)C)cnn3-c3c(Cl)cccc3Cl)cc2C)c1. The zero-order chi connectivity index (χ0) is 27.4. The van der Waals surface area contributed by atoms with Gasteiger partial charge in [-0.25, -0.2) is 9.48 Å². The molecule has 0 aliphatic carbocycles. The van der Waals surface area contributed by atoms with Crippen molar-refractivity contribution in [1.29, 1.82) is 0 Å². The summed E-state index contributed by atoms with van der Waals surface area (Å²) in [5, 5.41) is 5.83. The van der Waals surface area contributed by atoms with Gasteiger partial charge in [-0.15, -0.1) is 11.8 Å². The molecule has 3 aromatic carbocycles. The van der Waals surface area contributed by atoms with Crippen LogP contribution in [-0.4, -0.2) is 22.9 Å². The molecule has 0 fully saturated rings. The van der Waals surface area contributed by atoms with E-state index >= 15 is 0 Å². The number of hydrogen-bond donors (Lipinski definition) is 0. The third-order valence-corrected chi connectivity index (χ3v) is 8.04. The number of methoxy groups -OCH3 is 1. The molecule has 0 spiro atoms. The summed E-state index contributed by atoms with van der Waals surface area (Å²) in [4.78, 5) is 12.9. The number of rotatable bonds is 9. The van der Waals surface area contributed by atoms with Crippen molar-refractivity contribution in [2.75, 3.05) is 7.11 Å². The predicted octanol–water partition coefficient (Wildman–Crippen LogP) is 8.83. The molecule has 1 unspecified atom stereocenters. The van der Waals surface area contributed by atoms with Crippen LogP contribution in [0.4, 0.5) is 0 Å². The third-order valence-electron chi connectivity index (χ3n) is 6.30. The van der Waals surface area contributed by atoms with Gasteiger partial charge in [0, 0.05) is 10.1 Å². The van der Waals surface area contributed by atoms with Crippen LogP contribution in [-0.2, 0) is 11.3 Å². The van der Waals surface area contributed by atoms with E-state index in [1.54, 1.807) is 34.6 Å². The van der Waals surface area contributed by atoms with E-state index < -0.39 is 0 Å². The fourth-order valence-corrected chi connectivity index (χ4v) is 6.03. The quantitative estimate of drug-likeness (QED) is 0.149. The molecular formula is C30H30Cl2N2O3S. The normalized spacial score (nSPS) is 12.0. The molecule has 0 N–H and O–H groups in total. The van der Waals surface area contributed by atoms with Crippen LogP contribution in [0.5, 0.6) is 5.75 Å². The monoisotopic (exact) mass is 568 g/mol. The second kappa shape index (κ2) is 12.3. The van der Waals surface area contributed by atoms with E-state index in [1.807, 2.05) is 36.5 Å². The fraction of sp³-hybridized carbons (Fsp3) is 0.267. The van der Waals surface area contributed by atoms with Crippen LogP contribution in [0.2, 0.25) is 10.0 Å². The molecule has 0 radical (unpaired) electrons. The summed E-state index contributed by atoms with van der Waals surface area (Å²) in [5.74, 6) is 0.684. The number of nitrogens with zero attached hydrogens (tertiary/aromatic N) is 2. The van der Waals surface area contributed by atoms with E-state index in [4.69, 9.17) is 32.7 Å². The fourth-order valence-electron chi connectivity index (χ4n) is 4.32. The molecule has 5 nitrogen and oxygen atoms in total. The molecule has 38 heavy (non-hydrogen) atoms. The smallest absolute Gasteiger partial charge is 0.337 e. The molecule has 0 bridgehead atoms. The van der Waals surface area contributed by atoms with Crippen LogP contribution in [0.25, 0.3) is 5.69 Å². The number of carbonyl (C=O) groups excluding carboxylic acids is 1. The number of carbonyl (C=O) groups is 1. The minimum Gasteiger partial charge on any atom is -0.487 e. The molecule has 1 aromatic heterocycles. The van der Waals surface area contributed by atoms with Gasteiger partial charge in [0.2, 0.25) is 0 Å². The summed E-state index contributed by atoms with van der Waals surface area (Å²) in [5.41, 5.74) is 5.50. The second-order valence-corrected chi connectivity index (χ2v) is 11.5. The summed E-state index contributed by atoms with van der Waals surface area (Å²) < 4.78 is 12.9. The zero-order valence-corrected chi connectivity index (χ0v) is 24.3. The molecular weight excluding hydrogens is 539 g/mol. The highest BCUT2D eigenvalue weighted by Crippen LogP contribution is 2.38. The van der Waals surface area contributed by atoms with Gasteiger partial charge in [0.15, 0.2) is 0 Å². The van der Waals surface area contributed by atoms with Gasteiger partial charge in [-0.1, -0.05) is 55.2 Å². The lowest BCUT2D eigenvalue weighted by atomic mass is 10.0. The Labute approximate surface area is 238 Å². The zero-order valence-electron chi connectivity index (χ0n) is 22.0. The molecule has 0 aliphatic rings. The van der Waals surface area contributed by atoms with Crippen molar-refractivity contribution in [3.05, 3.63) is 105 Å². The van der Waals surface area contributed by atoms with Crippen molar-refractivity contribution in [3.8, 4) is 11.4 Å². The first-order valence-corrected chi connectivity index (χ1v) is 13.9. The van der Waals surface area contributed by atoms with E-state index in [2.05, 4.69) is 44.9 Å². The van der Waals surface area contributed by atoms with Gasteiger partial charge in [-0.2, -0.15) is 5.10 Å². The summed E-state index contributed by atoms with van der Waals surface area (Å²) >= 11 is 14.7. The van der Waals surface area contributed by atoms with E-state index in [0.29, 0.717) is 27.9 Å². The minimum atomic E-state index is -0.337. The molecule has 0 saturated carbocycles. The Hall–Kier alpha value is -2.93. The number of aromatic nitrogens is 2. The maximum atomic E-state index is 11.9. The number of ether oxygens (including phenoxy) is 2. The van der Waals surface area contributed by atoms with Crippen LogP contribution in [0.1, 0.15) is 64.7 Å². The van der Waals surface area contributed by atoms with Crippen molar-refractivity contribution < 1.29 is 14.3 Å². The lowest BCUT2D eigenvalue weighted by Gasteiger charge is -2.17. The summed E-state index contributed by atoms with van der Waals surface area (Å²) in [6.45, 7) is 8.80. The highest BCUT2D eigenvalue weighted by molar-refractivity contribution is 7.99. The molecule has 0 amide bonds. The Morgan fingerprint density at radius 1 is 1.00 bits per heavy atom. The Kier molecular flexibility index (Phi) is 9.08. The molecule has 198 valence electrons. The Balaban J connectivity index is 1.53. The van der Waals surface area contributed by atoms with E-state index in [0.717, 1.165) is 27.5 Å². The number of para-hydroxylation sites is 1. The molecule has 4 rings (SSSR count). The largest absolute Gasteiger partial charge is 0.487 e. The molecule has 1 heterocycles. The van der Waals surface area contributed by atoms with Gasteiger partial charge >= 0.3 is 5.97 Å². The first-order chi connectivity index (χ1) is 18.2. The van der Waals surface area contributed by atoms with Crippen molar-refractivity contribution in [2.24, 2.45) is 0 Å². The average Bonchev–Trinajstić information content (AvgIpc) is 3.30. The second-order valence-electron chi connectivity index (χ2n) is 9.27. The lowest BCUT2D eigenvalue weighted by Crippen LogP contribution is -2.09. The van der Waals surface area contributed by atoms with Crippen molar-refractivity contribution in [3.63, 3.8) is 0 Å². The summed E-state index contributed by atoms with van der Waals surface area (Å²) in [6, 6.07) is 19.0. The standard InChI is InChI=1S/C30H30Cl2N2O3S/c1-18(2)25-16-33-34(29-26(31)10-7-11-27(29)32)28(25)17-37-22-12-13-24(19(3)14-22)20(4)38-23-9-6-8-21(15-23)30(35)36-5/h6-16,18,20H,17H2,1-5H3. The highest BCUT2D eigenvalue weighted by atomic mass is 35.5. The van der Waals surface area contributed by atoms with Crippen LogP contribution in [0, 0.1) is 6.92 Å². The van der Waals surface area contributed by atoms with Gasteiger partial charge in [0.05, 0.1) is 34.6 Å². The van der Waals surface area contributed by atoms with E-state index in [-0.39, 0.29) is 17.1 Å². The van der Waals surface area contributed by atoms with Gasteiger partial charge < -0.3 is 9.47 Å². The topological polar surface area (TPSA) is 53.4 Å². The molecule has 0 aliphatic heterocycles. The number of thioether (sulfide) groups is 1. The maximum Gasteiger partial charge on any atom is 0.337 e. The Bertz CT molecular complexity index is 1430. The number of hydrogen-bond acceptors (Lipinski definition) is 5. The van der Waals surface area contributed by atoms with Crippen molar-refractivity contribution in [2.45, 2.75) is 50.4 Å². The first kappa shape index (κ1) is 28.1. The first-order valence-electron chi connectivity index (χ1n) is 12.3. The average molecular weight is 570 g/mol. The van der Waals surface area contributed by atoms with Crippen LogP contribution >= 0.6 is 35.0 Å². The Morgan fingerprint density at radius 3 is 2.37 bits per heavy atom. The lowest BCUT2D eigenvalue weighted by molar-refractivity contribution is 0.0600. The van der Waals surface area contributed by atoms with Gasteiger partial charge in [-0.3, -0.25) is 0 Å². The van der Waals surface area contributed by atoms with Gasteiger partial charge in [0.25, 0.3) is 0 Å². The van der Waals surface area contributed by atoms with E-state index in [9.17, 15) is 4.79 Å². The van der Waals surface area contributed by atoms with Crippen molar-refractivity contribution >= 4 is 40.9 Å². The highest BCUT2D eigenvalue weighted by Gasteiger charge is 2.20. The van der Waals surface area contributed by atoms with Crippen LogP contribution in [0.3, 0.4) is 0 Å². The third kappa shape index (κ3) is 6.20. The van der Waals surface area contributed by atoms with Crippen LogP contribution < -0.4 is 4.74 Å².